The molecule has 2 amide bonds. The van der Waals surface area contributed by atoms with Crippen molar-refractivity contribution in [3.05, 3.63) is 54.1 Å². The van der Waals surface area contributed by atoms with Crippen LogP contribution in [-0.2, 0) is 9.59 Å². The molecule has 6 heteroatoms. The zero-order valence-corrected chi connectivity index (χ0v) is 16.5. The van der Waals surface area contributed by atoms with Gasteiger partial charge in [0.15, 0.2) is 6.61 Å². The van der Waals surface area contributed by atoms with Crippen LogP contribution in [0.1, 0.15) is 31.7 Å². The van der Waals surface area contributed by atoms with Gasteiger partial charge in [0.05, 0.1) is 13.2 Å². The second-order valence-corrected chi connectivity index (χ2v) is 7.19. The Labute approximate surface area is 165 Å². The standard InChI is InChI=1S/C22H26N2O4/c1-15(2)16-7-9-19(10-8-16)28-14-21(25)23-17-11-22(26)24(13-17)18-5-4-6-20(12-18)27-3/h4-10,12,15,17H,11,13-14H2,1-3H3,(H,23,25)/t17-/m0/s1. The average Bonchev–Trinajstić information content (AvgIpc) is 3.06. The van der Waals surface area contributed by atoms with Gasteiger partial charge in [-0.1, -0.05) is 32.0 Å². The monoisotopic (exact) mass is 382 g/mol. The molecule has 0 bridgehead atoms. The fourth-order valence-corrected chi connectivity index (χ4v) is 3.20. The maximum atomic E-state index is 12.3. The quantitative estimate of drug-likeness (QED) is 0.799. The molecule has 1 fully saturated rings. The zero-order valence-electron chi connectivity index (χ0n) is 16.5. The number of carbonyl (C=O) groups is 2. The molecule has 0 spiro atoms. The van der Waals surface area contributed by atoms with E-state index in [9.17, 15) is 9.59 Å². The van der Waals surface area contributed by atoms with E-state index < -0.39 is 0 Å². The van der Waals surface area contributed by atoms with Gasteiger partial charge >= 0.3 is 0 Å². The minimum absolute atomic E-state index is 0.0243. The van der Waals surface area contributed by atoms with Gasteiger partial charge in [0.2, 0.25) is 5.91 Å². The Morgan fingerprint density at radius 3 is 2.61 bits per heavy atom. The molecule has 0 unspecified atom stereocenters. The van der Waals surface area contributed by atoms with E-state index in [0.29, 0.717) is 24.0 Å². The third kappa shape index (κ3) is 4.82. The fourth-order valence-electron chi connectivity index (χ4n) is 3.20. The Morgan fingerprint density at radius 1 is 1.18 bits per heavy atom. The van der Waals surface area contributed by atoms with Crippen molar-refractivity contribution in [1.29, 1.82) is 0 Å². The van der Waals surface area contributed by atoms with E-state index in [1.54, 1.807) is 12.0 Å². The lowest BCUT2D eigenvalue weighted by molar-refractivity contribution is -0.123. The molecule has 1 aliphatic heterocycles. The molecule has 0 aromatic heterocycles. The second-order valence-electron chi connectivity index (χ2n) is 7.19. The van der Waals surface area contributed by atoms with Gasteiger partial charge in [-0.15, -0.1) is 0 Å². The molecule has 148 valence electrons. The number of hydrogen-bond acceptors (Lipinski definition) is 4. The number of ether oxygens (including phenoxy) is 2. The number of anilines is 1. The second kappa shape index (κ2) is 8.78. The largest absolute Gasteiger partial charge is 0.497 e. The highest BCUT2D eigenvalue weighted by molar-refractivity contribution is 5.97. The van der Waals surface area contributed by atoms with Crippen LogP contribution < -0.4 is 19.7 Å². The average molecular weight is 382 g/mol. The van der Waals surface area contributed by atoms with Gasteiger partial charge < -0.3 is 19.7 Å². The first kappa shape index (κ1) is 19.7. The Morgan fingerprint density at radius 2 is 1.93 bits per heavy atom. The highest BCUT2D eigenvalue weighted by Gasteiger charge is 2.31. The van der Waals surface area contributed by atoms with Crippen molar-refractivity contribution in [3.63, 3.8) is 0 Å². The van der Waals surface area contributed by atoms with E-state index in [-0.39, 0.29) is 30.9 Å². The van der Waals surface area contributed by atoms with Crippen molar-refractivity contribution in [1.82, 2.24) is 5.32 Å². The van der Waals surface area contributed by atoms with Crippen molar-refractivity contribution < 1.29 is 19.1 Å². The molecule has 1 saturated heterocycles. The third-order valence-electron chi connectivity index (χ3n) is 4.77. The first-order valence-corrected chi connectivity index (χ1v) is 9.43. The zero-order chi connectivity index (χ0) is 20.1. The van der Waals surface area contributed by atoms with Crippen molar-refractivity contribution in [2.75, 3.05) is 25.2 Å². The first-order chi connectivity index (χ1) is 13.5. The third-order valence-corrected chi connectivity index (χ3v) is 4.77. The van der Waals surface area contributed by atoms with Gasteiger partial charge in [-0.3, -0.25) is 9.59 Å². The fraction of sp³-hybridized carbons (Fsp3) is 0.364. The molecule has 6 nitrogen and oxygen atoms in total. The van der Waals surface area contributed by atoms with Crippen LogP contribution >= 0.6 is 0 Å². The summed E-state index contributed by atoms with van der Waals surface area (Å²) in [6, 6.07) is 14.8. The number of amides is 2. The van der Waals surface area contributed by atoms with Gasteiger partial charge in [0, 0.05) is 24.7 Å². The molecular weight excluding hydrogens is 356 g/mol. The minimum Gasteiger partial charge on any atom is -0.497 e. The highest BCUT2D eigenvalue weighted by atomic mass is 16.5. The predicted octanol–water partition coefficient (Wildman–Crippen LogP) is 3.12. The van der Waals surface area contributed by atoms with Crippen molar-refractivity contribution in [2.45, 2.75) is 32.2 Å². The number of carbonyl (C=O) groups excluding carboxylic acids is 2. The smallest absolute Gasteiger partial charge is 0.258 e. The lowest BCUT2D eigenvalue weighted by Gasteiger charge is -2.18. The predicted molar refractivity (Wildman–Crippen MR) is 108 cm³/mol. The number of nitrogens with one attached hydrogen (secondary N) is 1. The van der Waals surface area contributed by atoms with Crippen molar-refractivity contribution >= 4 is 17.5 Å². The molecule has 28 heavy (non-hydrogen) atoms. The van der Waals surface area contributed by atoms with Crippen LogP contribution in [0.4, 0.5) is 5.69 Å². The van der Waals surface area contributed by atoms with Gasteiger partial charge in [0.25, 0.3) is 5.91 Å². The topological polar surface area (TPSA) is 67.9 Å². The van der Waals surface area contributed by atoms with E-state index in [1.807, 2.05) is 48.5 Å². The van der Waals surface area contributed by atoms with Gasteiger partial charge in [0.1, 0.15) is 11.5 Å². The summed E-state index contributed by atoms with van der Waals surface area (Å²) in [5.74, 6) is 1.53. The summed E-state index contributed by atoms with van der Waals surface area (Å²) in [5.41, 5.74) is 1.99. The number of hydrogen-bond donors (Lipinski definition) is 1. The minimum atomic E-state index is -0.238. The van der Waals surface area contributed by atoms with Crippen LogP contribution in [-0.4, -0.2) is 38.1 Å². The molecule has 0 saturated carbocycles. The van der Waals surface area contributed by atoms with Gasteiger partial charge in [-0.25, -0.2) is 0 Å². The molecule has 0 radical (unpaired) electrons. The SMILES string of the molecule is COc1cccc(N2C[C@@H](NC(=O)COc3ccc(C(C)C)cc3)CC2=O)c1. The summed E-state index contributed by atoms with van der Waals surface area (Å²) in [5, 5.41) is 2.88. The number of benzene rings is 2. The molecule has 1 atom stereocenters. The molecule has 3 rings (SSSR count). The van der Waals surface area contributed by atoms with Crippen LogP contribution in [0.25, 0.3) is 0 Å². The maximum absolute atomic E-state index is 12.3. The van der Waals surface area contributed by atoms with E-state index in [2.05, 4.69) is 19.2 Å². The first-order valence-electron chi connectivity index (χ1n) is 9.43. The summed E-state index contributed by atoms with van der Waals surface area (Å²) in [7, 11) is 1.59. The molecular formula is C22H26N2O4. The lowest BCUT2D eigenvalue weighted by atomic mass is 10.0. The van der Waals surface area contributed by atoms with Gasteiger partial charge in [-0.05, 0) is 35.7 Å². The van der Waals surface area contributed by atoms with Crippen LogP contribution in [0.3, 0.4) is 0 Å². The molecule has 2 aromatic rings. The molecule has 1 heterocycles. The normalized spacial score (nSPS) is 16.4. The molecule has 1 N–H and O–H groups in total. The summed E-state index contributed by atoms with van der Waals surface area (Å²) in [6.07, 6.45) is 0.270. The van der Waals surface area contributed by atoms with Crippen molar-refractivity contribution in [2.24, 2.45) is 0 Å². The van der Waals surface area contributed by atoms with E-state index in [1.165, 1.54) is 5.56 Å². The number of rotatable bonds is 7. The van der Waals surface area contributed by atoms with E-state index in [0.717, 1.165) is 5.69 Å². The summed E-state index contributed by atoms with van der Waals surface area (Å²) in [4.78, 5) is 26.2. The molecule has 2 aromatic carbocycles. The van der Waals surface area contributed by atoms with Gasteiger partial charge in [-0.2, -0.15) is 0 Å². The van der Waals surface area contributed by atoms with Crippen LogP contribution in [0.15, 0.2) is 48.5 Å². The Bertz CT molecular complexity index is 833. The van der Waals surface area contributed by atoms with Crippen LogP contribution in [0, 0.1) is 0 Å². The van der Waals surface area contributed by atoms with E-state index in [4.69, 9.17) is 9.47 Å². The molecule has 0 aliphatic carbocycles. The van der Waals surface area contributed by atoms with Crippen molar-refractivity contribution in [3.8, 4) is 11.5 Å². The highest BCUT2D eigenvalue weighted by Crippen LogP contribution is 2.25. The Hall–Kier alpha value is -3.02. The summed E-state index contributed by atoms with van der Waals surface area (Å²) >= 11 is 0. The number of methoxy groups -OCH3 is 1. The molecule has 1 aliphatic rings. The lowest BCUT2D eigenvalue weighted by Crippen LogP contribution is -2.39. The number of nitrogens with zero attached hydrogens (tertiary/aromatic N) is 1. The Kier molecular flexibility index (Phi) is 6.19. The van der Waals surface area contributed by atoms with Crippen LogP contribution in [0.2, 0.25) is 0 Å². The Balaban J connectivity index is 1.51. The summed E-state index contributed by atoms with van der Waals surface area (Å²) in [6.45, 7) is 4.60. The van der Waals surface area contributed by atoms with Crippen LogP contribution in [0.5, 0.6) is 11.5 Å². The summed E-state index contributed by atoms with van der Waals surface area (Å²) < 4.78 is 10.8. The maximum Gasteiger partial charge on any atom is 0.258 e. The van der Waals surface area contributed by atoms with E-state index >= 15 is 0 Å².